The van der Waals surface area contributed by atoms with Gasteiger partial charge in [0, 0.05) is 11.4 Å². The van der Waals surface area contributed by atoms with Crippen molar-refractivity contribution in [3.05, 3.63) is 95.9 Å². The molecule has 0 spiro atoms. The molecule has 0 unspecified atom stereocenters. The Balaban J connectivity index is 0.000000212. The van der Waals surface area contributed by atoms with Gasteiger partial charge in [-0.2, -0.15) is 10.5 Å². The van der Waals surface area contributed by atoms with Crippen molar-refractivity contribution in [2.45, 2.75) is 0 Å². The Kier molecular flexibility index (Phi) is 9.67. The van der Waals surface area contributed by atoms with Gasteiger partial charge >= 0.3 is 0 Å². The lowest BCUT2D eigenvalue weighted by Gasteiger charge is -2.11. The Labute approximate surface area is 230 Å². The molecule has 4 rings (SSSR count). The molecule has 0 aliphatic carbocycles. The van der Waals surface area contributed by atoms with E-state index in [-0.39, 0.29) is 16.7 Å². The van der Waals surface area contributed by atoms with Crippen LogP contribution in [0.1, 0.15) is 11.1 Å². The first-order valence-electron chi connectivity index (χ1n) is 9.92. The molecule has 13 heteroatoms. The van der Waals surface area contributed by atoms with Gasteiger partial charge in [-0.3, -0.25) is 18.3 Å². The Bertz CT molecular complexity index is 1540. The van der Waals surface area contributed by atoms with Crippen LogP contribution in [0.15, 0.2) is 73.7 Å². The van der Waals surface area contributed by atoms with E-state index in [9.17, 15) is 9.59 Å². The highest BCUT2D eigenvalue weighted by atomic mass is 79.9. The number of ether oxygens (including phenoxy) is 1. The van der Waals surface area contributed by atoms with Gasteiger partial charge < -0.3 is 15.4 Å². The van der Waals surface area contributed by atoms with Gasteiger partial charge in [0.1, 0.15) is 34.5 Å². The van der Waals surface area contributed by atoms with Gasteiger partial charge in [-0.1, -0.05) is 30.9 Å². The maximum atomic E-state index is 11.4. The number of H-pyrrole nitrogens is 2. The smallest absolute Gasteiger partial charge is 0.278 e. The minimum atomic E-state index is -0.394. The highest BCUT2D eigenvalue weighted by molar-refractivity contribution is 9.11. The largest absolute Gasteiger partial charge is 0.487 e. The maximum absolute atomic E-state index is 11.4. The van der Waals surface area contributed by atoms with E-state index >= 15 is 0 Å². The van der Waals surface area contributed by atoms with E-state index in [0.717, 1.165) is 37.7 Å². The summed E-state index contributed by atoms with van der Waals surface area (Å²) in [5, 5.41) is 24.8. The average Bonchev–Trinajstić information content (AvgIpc) is 3.40. The van der Waals surface area contributed by atoms with E-state index in [2.05, 4.69) is 57.8 Å². The van der Waals surface area contributed by atoms with Crippen molar-refractivity contribution in [3.63, 3.8) is 0 Å². The number of para-hydroxylation sites is 1. The van der Waals surface area contributed by atoms with Gasteiger partial charge in [0.2, 0.25) is 0 Å². The summed E-state index contributed by atoms with van der Waals surface area (Å²) in [7, 11) is 0. The molecule has 2 aromatic heterocycles. The molecule has 9 nitrogen and oxygen atoms in total. The Morgan fingerprint density at radius 2 is 1.42 bits per heavy atom. The minimum absolute atomic E-state index is 0.0687. The van der Waals surface area contributed by atoms with Crippen LogP contribution < -0.4 is 26.5 Å². The number of aromatic nitrogens is 2. The normalized spacial score (nSPS) is 9.78. The quantitative estimate of drug-likeness (QED) is 0.175. The molecular formula is C23H16Br2N6O3S2. The SMILES string of the molecule is C=CCOc1c(Br)cc(Nc2s[nH]c(=O)c2C#N)cc1Br.N#Cc1c(Nc2ccccc2)s[nH]c1=O. The van der Waals surface area contributed by atoms with Gasteiger partial charge in [-0.15, -0.1) is 0 Å². The van der Waals surface area contributed by atoms with Crippen LogP contribution in [-0.2, 0) is 0 Å². The topological polar surface area (TPSA) is 147 Å². The van der Waals surface area contributed by atoms with Crippen LogP contribution >= 0.6 is 54.9 Å². The first kappa shape index (κ1) is 27.0. The number of hydrogen-bond acceptors (Lipinski definition) is 9. The second kappa shape index (κ2) is 12.9. The average molecular weight is 648 g/mol. The molecule has 0 saturated heterocycles. The first-order valence-corrected chi connectivity index (χ1v) is 13.1. The third-order valence-electron chi connectivity index (χ3n) is 4.26. The molecule has 0 bridgehead atoms. The fraction of sp³-hybridized carbons (Fsp3) is 0.0435. The number of benzene rings is 2. The molecular weight excluding hydrogens is 632 g/mol. The number of hydrogen-bond donors (Lipinski definition) is 4. The summed E-state index contributed by atoms with van der Waals surface area (Å²) in [6.45, 7) is 3.99. The first-order chi connectivity index (χ1) is 17.4. The molecule has 0 aliphatic rings. The zero-order valence-corrected chi connectivity index (χ0v) is 23.0. The van der Waals surface area contributed by atoms with Crippen molar-refractivity contribution in [1.29, 1.82) is 10.5 Å². The van der Waals surface area contributed by atoms with Gasteiger partial charge in [-0.25, -0.2) is 0 Å². The molecule has 4 N–H and O–H groups in total. The Hall–Kier alpha value is -3.62. The van der Waals surface area contributed by atoms with Crippen molar-refractivity contribution in [3.8, 4) is 17.9 Å². The van der Waals surface area contributed by atoms with Gasteiger partial charge in [0.05, 0.1) is 8.95 Å². The lowest BCUT2D eigenvalue weighted by Crippen LogP contribution is -2.03. The highest BCUT2D eigenvalue weighted by Gasteiger charge is 2.13. The van der Waals surface area contributed by atoms with E-state index in [4.69, 9.17) is 15.3 Å². The molecule has 0 radical (unpaired) electrons. The zero-order chi connectivity index (χ0) is 26.1. The lowest BCUT2D eigenvalue weighted by atomic mass is 10.3. The molecule has 2 heterocycles. The van der Waals surface area contributed by atoms with E-state index in [1.54, 1.807) is 18.2 Å². The number of nitrogens with one attached hydrogen (secondary N) is 4. The summed E-state index contributed by atoms with van der Waals surface area (Å²) in [5.41, 5.74) is 1.02. The van der Waals surface area contributed by atoms with Crippen molar-refractivity contribution in [2.24, 2.45) is 0 Å². The fourth-order valence-electron chi connectivity index (χ4n) is 2.68. The van der Waals surface area contributed by atoms with Crippen molar-refractivity contribution < 1.29 is 4.74 Å². The number of halogens is 2. The monoisotopic (exact) mass is 646 g/mol. The van der Waals surface area contributed by atoms with E-state index < -0.39 is 5.56 Å². The number of rotatable bonds is 7. The van der Waals surface area contributed by atoms with Crippen molar-refractivity contribution in [1.82, 2.24) is 8.75 Å². The predicted molar refractivity (Wildman–Crippen MR) is 150 cm³/mol. The summed E-state index contributed by atoms with van der Waals surface area (Å²) in [6, 6.07) is 16.7. The Morgan fingerprint density at radius 3 is 1.89 bits per heavy atom. The number of nitriles is 2. The van der Waals surface area contributed by atoms with Gasteiger partial charge in [0.15, 0.2) is 11.1 Å². The van der Waals surface area contributed by atoms with Crippen LogP contribution in [0.3, 0.4) is 0 Å². The predicted octanol–water partition coefficient (Wildman–Crippen LogP) is 6.19. The molecule has 0 aliphatic heterocycles. The summed E-state index contributed by atoms with van der Waals surface area (Å²) in [4.78, 5) is 22.6. The van der Waals surface area contributed by atoms with Crippen LogP contribution in [0.2, 0.25) is 0 Å². The van der Waals surface area contributed by atoms with Crippen molar-refractivity contribution >= 4 is 76.3 Å². The molecule has 0 saturated carbocycles. The molecule has 182 valence electrons. The second-order valence-electron chi connectivity index (χ2n) is 6.68. The van der Waals surface area contributed by atoms with Crippen LogP contribution in [0, 0.1) is 22.7 Å². The minimum Gasteiger partial charge on any atom is -0.487 e. The third kappa shape index (κ3) is 6.74. The second-order valence-corrected chi connectivity index (χ2v) is 10.0. The van der Waals surface area contributed by atoms with E-state index in [1.165, 1.54) is 0 Å². The summed E-state index contributed by atoms with van der Waals surface area (Å²) in [6.07, 6.45) is 1.65. The fourth-order valence-corrected chi connectivity index (χ4v) is 5.51. The molecule has 4 aromatic rings. The van der Waals surface area contributed by atoms with Crippen LogP contribution in [-0.4, -0.2) is 15.4 Å². The Morgan fingerprint density at radius 1 is 0.917 bits per heavy atom. The molecule has 0 fully saturated rings. The van der Waals surface area contributed by atoms with Crippen LogP contribution in [0.25, 0.3) is 0 Å². The number of aromatic amines is 2. The van der Waals surface area contributed by atoms with Gasteiger partial charge in [-0.05, 0) is 79.2 Å². The summed E-state index contributed by atoms with van der Waals surface area (Å²) < 4.78 is 12.0. The summed E-state index contributed by atoms with van der Waals surface area (Å²) in [5.74, 6) is 0.656. The summed E-state index contributed by atoms with van der Waals surface area (Å²) >= 11 is 9.05. The standard InChI is InChI=1S/C13H9Br2N3O2S.C10H7N3OS/c1-2-3-20-11-9(14)4-7(5-10(11)15)17-13-8(6-16)12(19)18-21-13;11-6-8-9(14)13-15-10(8)12-7-4-2-1-3-5-7/h2,4-5,17H,1,3H2,(H,18,19);1-5,12H,(H,13,14). The third-order valence-corrected chi connectivity index (χ3v) is 7.03. The van der Waals surface area contributed by atoms with E-state index in [0.29, 0.717) is 28.0 Å². The lowest BCUT2D eigenvalue weighted by molar-refractivity contribution is 0.358. The molecule has 0 atom stereocenters. The highest BCUT2D eigenvalue weighted by Crippen LogP contribution is 2.37. The van der Waals surface area contributed by atoms with Crippen LogP contribution in [0.5, 0.6) is 5.75 Å². The van der Waals surface area contributed by atoms with E-state index in [1.807, 2.05) is 42.5 Å². The van der Waals surface area contributed by atoms with Crippen LogP contribution in [0.4, 0.5) is 21.4 Å². The van der Waals surface area contributed by atoms with Crippen molar-refractivity contribution in [2.75, 3.05) is 17.2 Å². The molecule has 36 heavy (non-hydrogen) atoms. The van der Waals surface area contributed by atoms with Gasteiger partial charge in [0.25, 0.3) is 11.1 Å². The zero-order valence-electron chi connectivity index (χ0n) is 18.2. The number of anilines is 4. The number of nitrogens with zero attached hydrogens (tertiary/aromatic N) is 2. The molecule has 2 aromatic carbocycles. The molecule has 0 amide bonds. The maximum Gasteiger partial charge on any atom is 0.278 e.